The zero-order valence-electron chi connectivity index (χ0n) is 15.8. The maximum absolute atomic E-state index is 12.7. The Balaban J connectivity index is 1.51. The predicted molar refractivity (Wildman–Crippen MR) is 115 cm³/mol. The molecule has 1 N–H and O–H groups in total. The molecule has 28 heavy (non-hydrogen) atoms. The van der Waals surface area contributed by atoms with E-state index in [4.69, 9.17) is 0 Å². The first kappa shape index (κ1) is 18.4. The summed E-state index contributed by atoms with van der Waals surface area (Å²) in [7, 11) is 0. The minimum atomic E-state index is -0.0387. The van der Waals surface area contributed by atoms with Gasteiger partial charge in [0, 0.05) is 36.4 Å². The van der Waals surface area contributed by atoms with Gasteiger partial charge in [0.1, 0.15) is 0 Å². The van der Waals surface area contributed by atoms with Crippen LogP contribution in [0.3, 0.4) is 0 Å². The number of aryl methyl sites for hydroxylation is 1. The number of thiazole rings is 1. The highest BCUT2D eigenvalue weighted by molar-refractivity contribution is 7.09. The number of benzene rings is 2. The summed E-state index contributed by atoms with van der Waals surface area (Å²) in [5, 5.41) is 8.55. The lowest BCUT2D eigenvalue weighted by atomic mass is 9.96. The third kappa shape index (κ3) is 4.15. The van der Waals surface area contributed by atoms with Gasteiger partial charge in [-0.15, -0.1) is 11.3 Å². The standard InChI is InChI=1S/C23H23N3OS/c1-17-16-28-23(25-17)11-12-24-22(27)15-21(26-13-4-5-14-26)20-10-6-8-18-7-2-3-9-19(18)20/h2-10,13-14,16,21H,11-12,15H2,1H3,(H,24,27)/t21-/m1/s1. The highest BCUT2D eigenvalue weighted by Gasteiger charge is 2.19. The molecule has 1 atom stereocenters. The fraction of sp³-hybridized carbons (Fsp3) is 0.217. The molecule has 5 heteroatoms. The Kier molecular flexibility index (Phi) is 5.53. The van der Waals surface area contributed by atoms with Crippen LogP contribution in [-0.4, -0.2) is 22.0 Å². The van der Waals surface area contributed by atoms with Crippen molar-refractivity contribution in [2.24, 2.45) is 0 Å². The lowest BCUT2D eigenvalue weighted by molar-refractivity contribution is -0.121. The van der Waals surface area contributed by atoms with E-state index >= 15 is 0 Å². The smallest absolute Gasteiger partial charge is 0.222 e. The lowest BCUT2D eigenvalue weighted by Gasteiger charge is -2.21. The number of aromatic nitrogens is 2. The van der Waals surface area contributed by atoms with E-state index in [1.54, 1.807) is 11.3 Å². The van der Waals surface area contributed by atoms with Crippen molar-refractivity contribution >= 4 is 28.0 Å². The van der Waals surface area contributed by atoms with Gasteiger partial charge in [-0.05, 0) is 35.4 Å². The number of carbonyl (C=O) groups is 1. The molecule has 0 bridgehead atoms. The molecule has 0 aliphatic heterocycles. The molecular formula is C23H23N3OS. The van der Waals surface area contributed by atoms with Gasteiger partial charge in [0.2, 0.25) is 5.91 Å². The molecule has 4 nitrogen and oxygen atoms in total. The van der Waals surface area contributed by atoms with E-state index in [1.165, 1.54) is 16.3 Å². The zero-order chi connectivity index (χ0) is 19.3. The fourth-order valence-corrected chi connectivity index (χ4v) is 4.32. The first-order chi connectivity index (χ1) is 13.7. The molecule has 0 spiro atoms. The van der Waals surface area contributed by atoms with E-state index in [0.29, 0.717) is 13.0 Å². The topological polar surface area (TPSA) is 46.9 Å². The van der Waals surface area contributed by atoms with Gasteiger partial charge in [0.05, 0.1) is 17.5 Å². The summed E-state index contributed by atoms with van der Waals surface area (Å²) in [6.07, 6.45) is 5.22. The third-order valence-electron chi connectivity index (χ3n) is 4.88. The number of carbonyl (C=O) groups excluding carboxylic acids is 1. The van der Waals surface area contributed by atoms with Crippen LogP contribution < -0.4 is 5.32 Å². The van der Waals surface area contributed by atoms with Crippen molar-refractivity contribution in [3.63, 3.8) is 0 Å². The summed E-state index contributed by atoms with van der Waals surface area (Å²) in [6, 6.07) is 18.6. The Labute approximate surface area is 168 Å². The van der Waals surface area contributed by atoms with Crippen LogP contribution in [0.2, 0.25) is 0 Å². The average Bonchev–Trinajstić information content (AvgIpc) is 3.38. The van der Waals surface area contributed by atoms with Crippen molar-refractivity contribution in [2.75, 3.05) is 6.54 Å². The van der Waals surface area contributed by atoms with Crippen LogP contribution in [-0.2, 0) is 11.2 Å². The number of fused-ring (bicyclic) bond motifs is 1. The van der Waals surface area contributed by atoms with Crippen LogP contribution in [0.25, 0.3) is 10.8 Å². The summed E-state index contributed by atoms with van der Waals surface area (Å²) in [4.78, 5) is 17.2. The van der Waals surface area contributed by atoms with Crippen LogP contribution in [0.15, 0.2) is 72.4 Å². The number of hydrogen-bond acceptors (Lipinski definition) is 3. The molecule has 2 aromatic heterocycles. The Morgan fingerprint density at radius 3 is 2.68 bits per heavy atom. The van der Waals surface area contributed by atoms with Crippen molar-refractivity contribution < 1.29 is 4.79 Å². The average molecular weight is 390 g/mol. The molecule has 0 saturated heterocycles. The molecule has 0 radical (unpaired) electrons. The van der Waals surface area contributed by atoms with Crippen LogP contribution >= 0.6 is 11.3 Å². The normalized spacial score (nSPS) is 12.2. The molecule has 2 heterocycles. The minimum Gasteiger partial charge on any atom is -0.356 e. The summed E-state index contributed by atoms with van der Waals surface area (Å²) in [5.41, 5.74) is 2.20. The maximum atomic E-state index is 12.7. The van der Waals surface area contributed by atoms with E-state index < -0.39 is 0 Å². The monoisotopic (exact) mass is 389 g/mol. The predicted octanol–water partition coefficient (Wildman–Crippen LogP) is 4.74. The van der Waals surface area contributed by atoms with Gasteiger partial charge in [-0.25, -0.2) is 4.98 Å². The molecule has 0 fully saturated rings. The first-order valence-corrected chi connectivity index (χ1v) is 10.4. The van der Waals surface area contributed by atoms with Crippen molar-refractivity contribution in [3.05, 3.63) is 88.6 Å². The lowest BCUT2D eigenvalue weighted by Crippen LogP contribution is -2.28. The summed E-state index contributed by atoms with van der Waals surface area (Å²) >= 11 is 1.64. The van der Waals surface area contributed by atoms with Crippen LogP contribution in [0.5, 0.6) is 0 Å². The van der Waals surface area contributed by atoms with Gasteiger partial charge in [0.15, 0.2) is 0 Å². The maximum Gasteiger partial charge on any atom is 0.222 e. The summed E-state index contributed by atoms with van der Waals surface area (Å²) in [6.45, 7) is 2.60. The highest BCUT2D eigenvalue weighted by atomic mass is 32.1. The van der Waals surface area contributed by atoms with E-state index in [1.807, 2.05) is 42.9 Å². The second-order valence-corrected chi connectivity index (χ2v) is 7.84. The van der Waals surface area contributed by atoms with Gasteiger partial charge < -0.3 is 9.88 Å². The molecule has 1 amide bonds. The molecule has 4 aromatic rings. The van der Waals surface area contributed by atoms with Crippen LogP contribution in [0.4, 0.5) is 0 Å². The largest absolute Gasteiger partial charge is 0.356 e. The van der Waals surface area contributed by atoms with Crippen molar-refractivity contribution in [3.8, 4) is 0 Å². The van der Waals surface area contributed by atoms with E-state index in [-0.39, 0.29) is 11.9 Å². The molecule has 2 aromatic carbocycles. The third-order valence-corrected chi connectivity index (χ3v) is 5.90. The summed E-state index contributed by atoms with van der Waals surface area (Å²) in [5.74, 6) is 0.0555. The molecule has 0 aliphatic carbocycles. The van der Waals surface area contributed by atoms with Crippen LogP contribution in [0.1, 0.15) is 28.7 Å². The van der Waals surface area contributed by atoms with Crippen molar-refractivity contribution in [1.82, 2.24) is 14.9 Å². The highest BCUT2D eigenvalue weighted by Crippen LogP contribution is 2.29. The van der Waals surface area contributed by atoms with E-state index in [2.05, 4.69) is 51.3 Å². The van der Waals surface area contributed by atoms with E-state index in [0.717, 1.165) is 17.1 Å². The molecule has 142 valence electrons. The quantitative estimate of drug-likeness (QED) is 0.496. The molecule has 4 rings (SSSR count). The van der Waals surface area contributed by atoms with Gasteiger partial charge in [-0.2, -0.15) is 0 Å². The van der Waals surface area contributed by atoms with Gasteiger partial charge >= 0.3 is 0 Å². The Hall–Kier alpha value is -2.92. The second kappa shape index (κ2) is 8.40. The second-order valence-electron chi connectivity index (χ2n) is 6.90. The number of amides is 1. The zero-order valence-corrected chi connectivity index (χ0v) is 16.7. The first-order valence-electron chi connectivity index (χ1n) is 9.48. The van der Waals surface area contributed by atoms with Crippen LogP contribution in [0, 0.1) is 6.92 Å². The Morgan fingerprint density at radius 1 is 1.11 bits per heavy atom. The minimum absolute atomic E-state index is 0.0387. The molecule has 0 unspecified atom stereocenters. The number of nitrogens with zero attached hydrogens (tertiary/aromatic N) is 2. The fourth-order valence-electron chi connectivity index (χ4n) is 3.55. The molecule has 0 saturated carbocycles. The molecular weight excluding hydrogens is 366 g/mol. The van der Waals surface area contributed by atoms with Gasteiger partial charge in [-0.3, -0.25) is 4.79 Å². The number of nitrogens with one attached hydrogen (secondary N) is 1. The van der Waals surface area contributed by atoms with E-state index in [9.17, 15) is 4.79 Å². The summed E-state index contributed by atoms with van der Waals surface area (Å²) < 4.78 is 2.12. The van der Waals surface area contributed by atoms with Crippen molar-refractivity contribution in [2.45, 2.75) is 25.8 Å². The Bertz CT molecular complexity index is 1060. The molecule has 0 aliphatic rings. The number of hydrogen-bond donors (Lipinski definition) is 1. The Morgan fingerprint density at radius 2 is 1.89 bits per heavy atom. The number of rotatable bonds is 7. The SMILES string of the molecule is Cc1csc(CCNC(=O)C[C@H](c2cccc3ccccc23)n2cccc2)n1. The van der Waals surface area contributed by atoms with Gasteiger partial charge in [0.25, 0.3) is 0 Å². The van der Waals surface area contributed by atoms with Gasteiger partial charge in [-0.1, -0.05) is 42.5 Å². The van der Waals surface area contributed by atoms with Crippen molar-refractivity contribution in [1.29, 1.82) is 0 Å².